The fourth-order valence-corrected chi connectivity index (χ4v) is 2.81. The molecule has 0 saturated heterocycles. The molecule has 1 unspecified atom stereocenters. The van der Waals surface area contributed by atoms with E-state index in [1.165, 1.54) is 21.1 Å². The zero-order chi connectivity index (χ0) is 19.4. The molecule has 0 fully saturated rings. The average molecular weight is 352 g/mol. The summed E-state index contributed by atoms with van der Waals surface area (Å²) in [5, 5.41) is 12.3. The number of nitrogens with two attached hydrogens (primary N) is 1. The van der Waals surface area contributed by atoms with Gasteiger partial charge in [0.1, 0.15) is 6.04 Å². The van der Waals surface area contributed by atoms with Crippen molar-refractivity contribution in [3.8, 4) is 11.5 Å². The normalized spacial score (nSPS) is 15.0. The monoisotopic (exact) mass is 352 g/mol. The van der Waals surface area contributed by atoms with Crippen molar-refractivity contribution in [2.24, 2.45) is 11.1 Å². The van der Waals surface area contributed by atoms with Crippen LogP contribution >= 0.6 is 0 Å². The molecule has 0 aliphatic heterocycles. The van der Waals surface area contributed by atoms with E-state index in [1.807, 2.05) is 20.8 Å². The maximum atomic E-state index is 12.0. The van der Waals surface area contributed by atoms with Crippen LogP contribution in [-0.4, -0.2) is 43.3 Å². The van der Waals surface area contributed by atoms with Crippen molar-refractivity contribution in [2.75, 3.05) is 14.2 Å². The van der Waals surface area contributed by atoms with Crippen LogP contribution in [0.15, 0.2) is 18.2 Å². The second-order valence-corrected chi connectivity index (χ2v) is 7.07. The largest absolute Gasteiger partial charge is 0.493 e. The van der Waals surface area contributed by atoms with Gasteiger partial charge in [-0.2, -0.15) is 0 Å². The molecule has 1 aromatic rings. The molecule has 25 heavy (non-hydrogen) atoms. The number of carboxylic acid groups (broad SMARTS) is 1. The van der Waals surface area contributed by atoms with Crippen LogP contribution in [0.2, 0.25) is 0 Å². The van der Waals surface area contributed by atoms with Gasteiger partial charge in [-0.25, -0.2) is 4.79 Å². The average Bonchev–Trinajstić information content (AvgIpc) is 2.52. The molecule has 0 radical (unpaired) electrons. The van der Waals surface area contributed by atoms with Gasteiger partial charge in [-0.05, 0) is 30.0 Å². The summed E-state index contributed by atoms with van der Waals surface area (Å²) in [6.45, 7) is 7.27. The first kappa shape index (κ1) is 20.8. The van der Waals surface area contributed by atoms with Gasteiger partial charge in [-0.1, -0.05) is 26.8 Å². The lowest BCUT2D eigenvalue weighted by molar-refractivity contribution is -0.143. The molecular formula is C18H28N2O5. The third-order valence-electron chi connectivity index (χ3n) is 4.01. The first-order valence-electron chi connectivity index (χ1n) is 8.03. The Morgan fingerprint density at radius 2 is 1.72 bits per heavy atom. The summed E-state index contributed by atoms with van der Waals surface area (Å²) in [4.78, 5) is 23.9. The second kappa shape index (κ2) is 8.20. The highest BCUT2D eigenvalue weighted by molar-refractivity contribution is 5.87. The minimum Gasteiger partial charge on any atom is -0.493 e. The topological polar surface area (TPSA) is 111 Å². The van der Waals surface area contributed by atoms with Crippen LogP contribution in [0.5, 0.6) is 11.5 Å². The van der Waals surface area contributed by atoms with E-state index in [4.69, 9.17) is 15.2 Å². The van der Waals surface area contributed by atoms with Crippen molar-refractivity contribution >= 4 is 11.9 Å². The lowest BCUT2D eigenvalue weighted by Crippen LogP contribution is -2.52. The van der Waals surface area contributed by atoms with E-state index in [0.29, 0.717) is 11.5 Å². The summed E-state index contributed by atoms with van der Waals surface area (Å²) in [6, 6.07) is 3.32. The Morgan fingerprint density at radius 1 is 1.16 bits per heavy atom. The van der Waals surface area contributed by atoms with Gasteiger partial charge in [-0.3, -0.25) is 4.79 Å². The molecular weight excluding hydrogens is 324 g/mol. The third-order valence-corrected chi connectivity index (χ3v) is 4.01. The van der Waals surface area contributed by atoms with Gasteiger partial charge in [0.2, 0.25) is 5.91 Å². The molecule has 1 aromatic carbocycles. The maximum Gasteiger partial charge on any atom is 0.326 e. The quantitative estimate of drug-likeness (QED) is 0.689. The van der Waals surface area contributed by atoms with Gasteiger partial charge >= 0.3 is 5.97 Å². The van der Waals surface area contributed by atoms with E-state index >= 15 is 0 Å². The molecule has 0 saturated carbocycles. The number of rotatable bonds is 7. The number of amides is 1. The molecule has 0 aromatic heterocycles. The highest BCUT2D eigenvalue weighted by atomic mass is 16.5. The van der Waals surface area contributed by atoms with Gasteiger partial charge in [0.05, 0.1) is 20.3 Å². The molecule has 0 spiro atoms. The minimum atomic E-state index is -1.13. The summed E-state index contributed by atoms with van der Waals surface area (Å²) >= 11 is 0. The van der Waals surface area contributed by atoms with Crippen LogP contribution in [-0.2, 0) is 9.59 Å². The number of carbonyl (C=O) groups is 2. The van der Waals surface area contributed by atoms with Crippen LogP contribution in [0.4, 0.5) is 0 Å². The fraction of sp³-hybridized carbons (Fsp3) is 0.556. The molecule has 0 heterocycles. The summed E-state index contributed by atoms with van der Waals surface area (Å²) in [5.74, 6) is -1.10. The van der Waals surface area contributed by atoms with Crippen LogP contribution < -0.4 is 20.5 Å². The first-order valence-corrected chi connectivity index (χ1v) is 8.03. The van der Waals surface area contributed by atoms with Crippen molar-refractivity contribution < 1.29 is 24.2 Å². The summed E-state index contributed by atoms with van der Waals surface area (Å²) in [7, 11) is 3.04. The Labute approximate surface area is 148 Å². The highest BCUT2D eigenvalue weighted by Crippen LogP contribution is 2.41. The molecule has 7 nitrogen and oxygen atoms in total. The minimum absolute atomic E-state index is 0.451. The number of methoxy groups -OCH3 is 2. The number of aliphatic carboxylic acids is 1. The predicted molar refractivity (Wildman–Crippen MR) is 95.0 cm³/mol. The van der Waals surface area contributed by atoms with Crippen LogP contribution in [0.25, 0.3) is 0 Å². The molecule has 1 rings (SSSR count). The van der Waals surface area contributed by atoms with Crippen molar-refractivity contribution in [3.05, 3.63) is 23.8 Å². The van der Waals surface area contributed by atoms with Crippen LogP contribution in [0.1, 0.15) is 39.2 Å². The van der Waals surface area contributed by atoms with E-state index in [-0.39, 0.29) is 0 Å². The molecule has 0 aliphatic rings. The Balaban J connectivity index is 3.41. The van der Waals surface area contributed by atoms with Crippen LogP contribution in [0.3, 0.4) is 0 Å². The predicted octanol–water partition coefficient (Wildman–Crippen LogP) is 1.75. The van der Waals surface area contributed by atoms with Crippen molar-refractivity contribution in [2.45, 2.75) is 45.7 Å². The summed E-state index contributed by atoms with van der Waals surface area (Å²) in [5.41, 5.74) is 5.85. The lowest BCUT2D eigenvalue weighted by atomic mass is 9.72. The Morgan fingerprint density at radius 3 is 2.12 bits per heavy atom. The van der Waals surface area contributed by atoms with E-state index in [9.17, 15) is 14.7 Å². The lowest BCUT2D eigenvalue weighted by Gasteiger charge is -2.36. The Bertz CT molecular complexity index is 622. The SMILES string of the molecule is COc1ccc(C([C@@H](NC(=O)[C@@H](C)N)C(=O)O)C(C)(C)C)cc1OC. The highest BCUT2D eigenvalue weighted by Gasteiger charge is 2.39. The molecule has 4 N–H and O–H groups in total. The molecule has 0 bridgehead atoms. The molecule has 7 heteroatoms. The standard InChI is InChI=1S/C18H28N2O5/c1-10(19)16(21)20-15(17(22)23)14(18(2,3)4)11-7-8-12(24-5)13(9-11)25-6/h7-10,14-15H,19H2,1-6H3,(H,20,21)(H,22,23)/t10-,14?,15-/m1/s1. The van der Waals surface area contributed by atoms with Crippen molar-refractivity contribution in [1.82, 2.24) is 5.32 Å². The molecule has 0 aliphatic carbocycles. The fourth-order valence-electron chi connectivity index (χ4n) is 2.81. The van der Waals surface area contributed by atoms with Gasteiger partial charge in [0.25, 0.3) is 0 Å². The van der Waals surface area contributed by atoms with E-state index in [1.54, 1.807) is 18.2 Å². The summed E-state index contributed by atoms with van der Waals surface area (Å²) < 4.78 is 10.6. The second-order valence-electron chi connectivity index (χ2n) is 7.07. The zero-order valence-electron chi connectivity index (χ0n) is 15.6. The number of hydrogen-bond donors (Lipinski definition) is 3. The number of nitrogens with one attached hydrogen (secondary N) is 1. The van der Waals surface area contributed by atoms with E-state index < -0.39 is 35.3 Å². The van der Waals surface area contributed by atoms with Gasteiger partial charge in [-0.15, -0.1) is 0 Å². The number of benzene rings is 1. The number of carbonyl (C=O) groups excluding carboxylic acids is 1. The van der Waals surface area contributed by atoms with E-state index in [0.717, 1.165) is 5.56 Å². The van der Waals surface area contributed by atoms with Gasteiger partial charge in [0.15, 0.2) is 11.5 Å². The molecule has 140 valence electrons. The number of hydrogen-bond acceptors (Lipinski definition) is 5. The van der Waals surface area contributed by atoms with Crippen molar-refractivity contribution in [1.29, 1.82) is 0 Å². The molecule has 3 atom stereocenters. The van der Waals surface area contributed by atoms with Crippen LogP contribution in [0, 0.1) is 5.41 Å². The van der Waals surface area contributed by atoms with Crippen molar-refractivity contribution in [3.63, 3.8) is 0 Å². The third kappa shape index (κ3) is 5.09. The Kier molecular flexibility index (Phi) is 6.81. The maximum absolute atomic E-state index is 12.0. The molecule has 1 amide bonds. The summed E-state index contributed by atoms with van der Waals surface area (Å²) in [6.07, 6.45) is 0. The van der Waals surface area contributed by atoms with E-state index in [2.05, 4.69) is 5.32 Å². The zero-order valence-corrected chi connectivity index (χ0v) is 15.6. The smallest absolute Gasteiger partial charge is 0.326 e. The van der Waals surface area contributed by atoms with Gasteiger partial charge in [0, 0.05) is 5.92 Å². The first-order chi connectivity index (χ1) is 11.5. The number of ether oxygens (including phenoxy) is 2. The Hall–Kier alpha value is -2.28. The van der Waals surface area contributed by atoms with Gasteiger partial charge < -0.3 is 25.6 Å². The number of carboxylic acids is 1.